The smallest absolute Gasteiger partial charge is 0.119 e. The molecule has 2 aliphatic heterocycles. The van der Waals surface area contributed by atoms with E-state index < -0.39 is 0 Å². The molecule has 0 radical (unpaired) electrons. The van der Waals surface area contributed by atoms with Crippen LogP contribution in [0.25, 0.3) is 0 Å². The number of fused-ring (bicyclic) bond motifs is 1. The predicted octanol–water partition coefficient (Wildman–Crippen LogP) is 1.83. The maximum Gasteiger partial charge on any atom is 0.119 e. The van der Waals surface area contributed by atoms with Crippen molar-refractivity contribution in [3.8, 4) is 5.75 Å². The lowest BCUT2D eigenvalue weighted by molar-refractivity contribution is 0.172. The quantitative estimate of drug-likeness (QED) is 0.861. The van der Waals surface area contributed by atoms with Crippen LogP contribution in [0.2, 0.25) is 0 Å². The van der Waals surface area contributed by atoms with E-state index in [1.54, 1.807) is 7.11 Å². The van der Waals surface area contributed by atoms with Crippen molar-refractivity contribution in [2.45, 2.75) is 18.9 Å². The van der Waals surface area contributed by atoms with Gasteiger partial charge in [0.25, 0.3) is 0 Å². The minimum absolute atomic E-state index is 0.578. The molecule has 3 rings (SSSR count). The third kappa shape index (κ3) is 2.02. The molecule has 1 aromatic carbocycles. The monoisotopic (exact) mass is 246 g/mol. The largest absolute Gasteiger partial charge is 0.497 e. The minimum Gasteiger partial charge on any atom is -0.497 e. The van der Waals surface area contributed by atoms with Gasteiger partial charge in [0.2, 0.25) is 0 Å². The number of methoxy groups -OCH3 is 1. The molecule has 2 aliphatic rings. The summed E-state index contributed by atoms with van der Waals surface area (Å²) in [5.74, 6) is 1.74. The van der Waals surface area contributed by atoms with Crippen LogP contribution in [0.15, 0.2) is 18.2 Å². The Bertz CT molecular complexity index is 427. The van der Waals surface area contributed by atoms with E-state index in [1.807, 2.05) is 0 Å². The zero-order chi connectivity index (χ0) is 12.5. The fourth-order valence-electron chi connectivity index (χ4n) is 3.45. The van der Waals surface area contributed by atoms with Gasteiger partial charge < -0.3 is 10.1 Å². The van der Waals surface area contributed by atoms with Crippen molar-refractivity contribution in [3.05, 3.63) is 29.3 Å². The van der Waals surface area contributed by atoms with Gasteiger partial charge in [0.15, 0.2) is 0 Å². The van der Waals surface area contributed by atoms with Gasteiger partial charge in [-0.2, -0.15) is 0 Å². The number of likely N-dealkylation sites (N-methyl/N-ethyl adjacent to an activating group) is 1. The van der Waals surface area contributed by atoms with E-state index in [1.165, 1.54) is 24.1 Å². The summed E-state index contributed by atoms with van der Waals surface area (Å²) in [6.45, 7) is 3.47. The second-order valence-corrected chi connectivity index (χ2v) is 5.49. The normalized spacial score (nSPS) is 28.1. The van der Waals surface area contributed by atoms with Gasteiger partial charge in [-0.15, -0.1) is 0 Å². The van der Waals surface area contributed by atoms with E-state index in [4.69, 9.17) is 4.74 Å². The van der Waals surface area contributed by atoms with E-state index in [0.29, 0.717) is 6.04 Å². The van der Waals surface area contributed by atoms with Gasteiger partial charge >= 0.3 is 0 Å². The Hall–Kier alpha value is -1.06. The Morgan fingerprint density at radius 3 is 3.00 bits per heavy atom. The van der Waals surface area contributed by atoms with Gasteiger partial charge in [-0.3, -0.25) is 4.90 Å². The summed E-state index contributed by atoms with van der Waals surface area (Å²) < 4.78 is 5.34. The van der Waals surface area contributed by atoms with E-state index in [9.17, 15) is 0 Å². The first-order valence-corrected chi connectivity index (χ1v) is 6.87. The van der Waals surface area contributed by atoms with Crippen LogP contribution < -0.4 is 10.1 Å². The highest BCUT2D eigenvalue weighted by molar-refractivity contribution is 5.39. The topological polar surface area (TPSA) is 24.5 Å². The Morgan fingerprint density at radius 2 is 2.28 bits per heavy atom. The first-order valence-electron chi connectivity index (χ1n) is 6.87. The fraction of sp³-hybridized carbons (Fsp3) is 0.600. The van der Waals surface area contributed by atoms with Crippen LogP contribution in [-0.2, 0) is 6.42 Å². The van der Waals surface area contributed by atoms with Crippen LogP contribution in [0.1, 0.15) is 23.6 Å². The second-order valence-electron chi connectivity index (χ2n) is 5.49. The molecule has 1 saturated heterocycles. The standard InChI is InChI=1S/C15H22N2O/c1-17-8-6-11-9-13(18-2)3-4-14(11)15(17)12-5-7-16-10-12/h3-4,9,12,15-16H,5-8,10H2,1-2H3. The molecule has 0 aromatic heterocycles. The summed E-state index contributed by atoms with van der Waals surface area (Å²) in [5.41, 5.74) is 2.99. The summed E-state index contributed by atoms with van der Waals surface area (Å²) in [6.07, 6.45) is 2.43. The van der Waals surface area contributed by atoms with Crippen molar-refractivity contribution in [1.29, 1.82) is 0 Å². The fourth-order valence-corrected chi connectivity index (χ4v) is 3.45. The van der Waals surface area contributed by atoms with Crippen molar-refractivity contribution >= 4 is 0 Å². The van der Waals surface area contributed by atoms with Gasteiger partial charge in [0.1, 0.15) is 5.75 Å². The summed E-state index contributed by atoms with van der Waals surface area (Å²) >= 11 is 0. The van der Waals surface area contributed by atoms with Crippen LogP contribution >= 0.6 is 0 Å². The minimum atomic E-state index is 0.578. The van der Waals surface area contributed by atoms with Crippen molar-refractivity contribution in [2.75, 3.05) is 33.8 Å². The number of benzene rings is 1. The number of nitrogens with zero attached hydrogens (tertiary/aromatic N) is 1. The summed E-state index contributed by atoms with van der Waals surface area (Å²) in [7, 11) is 4.01. The highest BCUT2D eigenvalue weighted by atomic mass is 16.5. The zero-order valence-corrected chi connectivity index (χ0v) is 11.3. The molecular weight excluding hydrogens is 224 g/mol. The van der Waals surface area contributed by atoms with Crippen molar-refractivity contribution in [2.24, 2.45) is 5.92 Å². The van der Waals surface area contributed by atoms with Crippen molar-refractivity contribution in [1.82, 2.24) is 10.2 Å². The molecule has 1 fully saturated rings. The van der Waals surface area contributed by atoms with Gasteiger partial charge in [0, 0.05) is 12.6 Å². The van der Waals surface area contributed by atoms with E-state index in [2.05, 4.69) is 35.5 Å². The van der Waals surface area contributed by atoms with Gasteiger partial charge in [-0.1, -0.05) is 6.07 Å². The number of rotatable bonds is 2. The third-order valence-corrected chi connectivity index (χ3v) is 4.42. The summed E-state index contributed by atoms with van der Waals surface area (Å²) in [6, 6.07) is 7.17. The summed E-state index contributed by atoms with van der Waals surface area (Å²) in [4.78, 5) is 2.52. The molecule has 0 saturated carbocycles. The van der Waals surface area contributed by atoms with E-state index >= 15 is 0 Å². The molecular formula is C15H22N2O. The Labute approximate surface area is 109 Å². The Balaban J connectivity index is 1.95. The summed E-state index contributed by atoms with van der Waals surface area (Å²) in [5, 5.41) is 3.49. The van der Waals surface area contributed by atoms with Gasteiger partial charge in [0.05, 0.1) is 7.11 Å². The molecule has 3 nitrogen and oxygen atoms in total. The maximum absolute atomic E-state index is 5.34. The van der Waals surface area contributed by atoms with Crippen LogP contribution in [0.4, 0.5) is 0 Å². The number of ether oxygens (including phenoxy) is 1. The van der Waals surface area contributed by atoms with Gasteiger partial charge in [-0.05, 0) is 62.2 Å². The lowest BCUT2D eigenvalue weighted by atomic mass is 9.84. The lowest BCUT2D eigenvalue weighted by Gasteiger charge is -2.38. The van der Waals surface area contributed by atoms with Crippen LogP contribution in [0.5, 0.6) is 5.75 Å². The average molecular weight is 246 g/mol. The first-order chi connectivity index (χ1) is 8.79. The van der Waals surface area contributed by atoms with E-state index in [-0.39, 0.29) is 0 Å². The maximum atomic E-state index is 5.34. The van der Waals surface area contributed by atoms with Crippen molar-refractivity contribution < 1.29 is 4.74 Å². The number of nitrogens with one attached hydrogen (secondary N) is 1. The van der Waals surface area contributed by atoms with Crippen LogP contribution in [0, 0.1) is 5.92 Å². The molecule has 2 atom stereocenters. The Kier molecular flexibility index (Phi) is 3.27. The number of hydrogen-bond acceptors (Lipinski definition) is 3. The molecule has 0 spiro atoms. The average Bonchev–Trinajstić information content (AvgIpc) is 2.91. The van der Waals surface area contributed by atoms with Crippen molar-refractivity contribution in [3.63, 3.8) is 0 Å². The van der Waals surface area contributed by atoms with Crippen LogP contribution in [0.3, 0.4) is 0 Å². The second kappa shape index (κ2) is 4.90. The molecule has 98 valence electrons. The molecule has 1 aromatic rings. The molecule has 2 unspecified atom stereocenters. The lowest BCUT2D eigenvalue weighted by Crippen LogP contribution is -2.37. The molecule has 3 heteroatoms. The number of hydrogen-bond donors (Lipinski definition) is 1. The molecule has 1 N–H and O–H groups in total. The molecule has 0 amide bonds. The molecule has 0 aliphatic carbocycles. The zero-order valence-electron chi connectivity index (χ0n) is 11.3. The first kappa shape index (κ1) is 12.0. The molecule has 2 heterocycles. The SMILES string of the molecule is COc1ccc2c(c1)CCN(C)C2C1CCNC1. The third-order valence-electron chi connectivity index (χ3n) is 4.42. The van der Waals surface area contributed by atoms with E-state index in [0.717, 1.165) is 31.2 Å². The highest BCUT2D eigenvalue weighted by Gasteiger charge is 2.33. The molecule has 0 bridgehead atoms. The van der Waals surface area contributed by atoms with Crippen LogP contribution in [-0.4, -0.2) is 38.7 Å². The Morgan fingerprint density at radius 1 is 1.39 bits per heavy atom. The van der Waals surface area contributed by atoms with Gasteiger partial charge in [-0.25, -0.2) is 0 Å². The molecule has 18 heavy (non-hydrogen) atoms. The highest BCUT2D eigenvalue weighted by Crippen LogP contribution is 2.38. The predicted molar refractivity (Wildman–Crippen MR) is 73.0 cm³/mol.